The van der Waals surface area contributed by atoms with Gasteiger partial charge in [0.15, 0.2) is 11.2 Å². The summed E-state index contributed by atoms with van der Waals surface area (Å²) in [6, 6.07) is 0.207. The van der Waals surface area contributed by atoms with Crippen LogP contribution in [0.5, 0.6) is 5.88 Å². The molecule has 10 heteroatoms. The standard InChI is InChI=1S/C26H38N6O4/c1-6-10-17(20(27)16-11-7-8-13-19(16)33)22(34)23-28-24-21(31(4)26(35)32(24)5)25(29-23)36-15(2)18-12-9-14-30(18)3/h15-16,18H,6-14,27H2,1-5H3/b20-17-/t15-,16-,18-/m0/s1. The van der Waals surface area contributed by atoms with Crippen LogP contribution in [0.4, 0.5) is 0 Å². The van der Waals surface area contributed by atoms with Crippen molar-refractivity contribution in [2.45, 2.75) is 77.4 Å². The molecular formula is C26H38N6O4. The molecule has 0 unspecified atom stereocenters. The largest absolute Gasteiger partial charge is 0.471 e. The lowest BCUT2D eigenvalue weighted by Gasteiger charge is -2.26. The molecule has 0 radical (unpaired) electrons. The van der Waals surface area contributed by atoms with Gasteiger partial charge in [0.2, 0.25) is 17.5 Å². The monoisotopic (exact) mass is 498 g/mol. The Morgan fingerprint density at radius 3 is 2.50 bits per heavy atom. The summed E-state index contributed by atoms with van der Waals surface area (Å²) >= 11 is 0. The van der Waals surface area contributed by atoms with E-state index in [9.17, 15) is 14.4 Å². The highest BCUT2D eigenvalue weighted by atomic mass is 16.5. The summed E-state index contributed by atoms with van der Waals surface area (Å²) in [5, 5.41) is 0. The number of ketones is 2. The lowest BCUT2D eigenvalue weighted by atomic mass is 9.83. The zero-order valence-corrected chi connectivity index (χ0v) is 22.0. The van der Waals surface area contributed by atoms with Gasteiger partial charge >= 0.3 is 5.69 Å². The maximum Gasteiger partial charge on any atom is 0.329 e. The minimum atomic E-state index is -0.442. The number of fused-ring (bicyclic) bond motifs is 1. The van der Waals surface area contributed by atoms with Crippen molar-refractivity contribution in [2.75, 3.05) is 13.6 Å². The van der Waals surface area contributed by atoms with Gasteiger partial charge in [-0.25, -0.2) is 9.78 Å². The number of aryl methyl sites for hydroxylation is 2. The summed E-state index contributed by atoms with van der Waals surface area (Å²) in [6.07, 6.45) is 5.89. The van der Waals surface area contributed by atoms with Gasteiger partial charge in [0.1, 0.15) is 11.9 Å². The van der Waals surface area contributed by atoms with E-state index in [4.69, 9.17) is 10.5 Å². The number of Topliss-reactive ketones (excluding diaryl/α,β-unsaturated/α-hetero) is 2. The van der Waals surface area contributed by atoms with Crippen molar-refractivity contribution in [3.05, 3.63) is 27.6 Å². The van der Waals surface area contributed by atoms with Gasteiger partial charge in [0, 0.05) is 37.8 Å². The maximum atomic E-state index is 13.8. The van der Waals surface area contributed by atoms with Crippen LogP contribution in [0.2, 0.25) is 0 Å². The molecular weight excluding hydrogens is 460 g/mol. The summed E-state index contributed by atoms with van der Waals surface area (Å²) in [5.41, 5.74) is 7.69. The average Bonchev–Trinajstić information content (AvgIpc) is 3.39. The number of likely N-dealkylation sites (N-methyl/N-ethyl adjacent to an activating group) is 1. The number of aromatic nitrogens is 4. The first-order valence-corrected chi connectivity index (χ1v) is 13.0. The SMILES string of the molecule is CCC/C(C(=O)c1nc(O[C@@H](C)[C@@H]2CCCN2C)c2c(n1)n(C)c(=O)n2C)=C(/N)[C@H]1CCCCC1=O. The van der Waals surface area contributed by atoms with E-state index in [1.807, 2.05) is 13.8 Å². The number of nitrogens with zero attached hydrogens (tertiary/aromatic N) is 5. The number of rotatable bonds is 8. The van der Waals surface area contributed by atoms with Crippen molar-refractivity contribution in [2.24, 2.45) is 25.7 Å². The molecule has 0 amide bonds. The van der Waals surface area contributed by atoms with Crippen LogP contribution in [0.3, 0.4) is 0 Å². The van der Waals surface area contributed by atoms with E-state index in [0.717, 1.165) is 32.2 Å². The fraction of sp³-hybridized carbons (Fsp3) is 0.654. The smallest absolute Gasteiger partial charge is 0.329 e. The van der Waals surface area contributed by atoms with Crippen molar-refractivity contribution >= 4 is 22.7 Å². The van der Waals surface area contributed by atoms with E-state index in [2.05, 4.69) is 21.9 Å². The van der Waals surface area contributed by atoms with Gasteiger partial charge in [0.05, 0.1) is 5.92 Å². The van der Waals surface area contributed by atoms with Gasteiger partial charge in [-0.1, -0.05) is 19.8 Å². The molecule has 2 aromatic rings. The van der Waals surface area contributed by atoms with Crippen molar-refractivity contribution in [1.82, 2.24) is 24.0 Å². The van der Waals surface area contributed by atoms with E-state index in [0.29, 0.717) is 48.1 Å². The van der Waals surface area contributed by atoms with Crippen LogP contribution in [-0.2, 0) is 18.9 Å². The second-order valence-electron chi connectivity index (χ2n) is 10.2. The van der Waals surface area contributed by atoms with Crippen LogP contribution < -0.4 is 16.2 Å². The van der Waals surface area contributed by atoms with Crippen molar-refractivity contribution in [3.63, 3.8) is 0 Å². The Morgan fingerprint density at radius 1 is 1.11 bits per heavy atom. The van der Waals surface area contributed by atoms with Crippen molar-refractivity contribution in [1.29, 1.82) is 0 Å². The van der Waals surface area contributed by atoms with Gasteiger partial charge < -0.3 is 10.5 Å². The van der Waals surface area contributed by atoms with E-state index in [1.165, 1.54) is 9.13 Å². The first-order chi connectivity index (χ1) is 17.1. The number of ether oxygens (including phenoxy) is 1. The van der Waals surface area contributed by atoms with Crippen LogP contribution in [0.25, 0.3) is 11.2 Å². The van der Waals surface area contributed by atoms with E-state index >= 15 is 0 Å². The number of hydrogen-bond acceptors (Lipinski definition) is 8. The second kappa shape index (κ2) is 10.5. The number of carbonyl (C=O) groups excluding carboxylic acids is 2. The number of carbonyl (C=O) groups is 2. The molecule has 4 rings (SSSR count). The third-order valence-electron chi connectivity index (χ3n) is 7.73. The van der Waals surface area contributed by atoms with Crippen LogP contribution in [0.1, 0.15) is 75.8 Å². The molecule has 0 spiro atoms. The Kier molecular flexibility index (Phi) is 7.63. The summed E-state index contributed by atoms with van der Waals surface area (Å²) < 4.78 is 9.18. The van der Waals surface area contributed by atoms with E-state index < -0.39 is 11.7 Å². The number of allylic oxidation sites excluding steroid dienone is 2. The predicted molar refractivity (Wildman–Crippen MR) is 137 cm³/mol. The van der Waals surface area contributed by atoms with Gasteiger partial charge in [-0.3, -0.25) is 23.6 Å². The Hall–Kier alpha value is -3.01. The molecule has 1 aliphatic carbocycles. The number of nitrogens with two attached hydrogens (primary N) is 1. The maximum absolute atomic E-state index is 13.8. The van der Waals surface area contributed by atoms with Crippen LogP contribution in [0, 0.1) is 5.92 Å². The van der Waals surface area contributed by atoms with E-state index in [-0.39, 0.29) is 35.3 Å². The van der Waals surface area contributed by atoms with Gasteiger partial charge in [-0.05, 0) is 52.6 Å². The van der Waals surface area contributed by atoms with Gasteiger partial charge in [-0.15, -0.1) is 0 Å². The molecule has 10 nitrogen and oxygen atoms in total. The normalized spacial score (nSPS) is 22.6. The average molecular weight is 499 g/mol. The number of hydrogen-bond donors (Lipinski definition) is 1. The lowest BCUT2D eigenvalue weighted by molar-refractivity contribution is -0.123. The number of likely N-dealkylation sites (tertiary alicyclic amines) is 1. The minimum absolute atomic E-state index is 0.0691. The topological polar surface area (TPSA) is 125 Å². The summed E-state index contributed by atoms with van der Waals surface area (Å²) in [4.78, 5) is 50.4. The second-order valence-corrected chi connectivity index (χ2v) is 10.2. The highest BCUT2D eigenvalue weighted by Gasteiger charge is 2.32. The van der Waals surface area contributed by atoms with Crippen LogP contribution in [0.15, 0.2) is 16.1 Å². The van der Waals surface area contributed by atoms with Crippen molar-refractivity contribution in [3.8, 4) is 5.88 Å². The lowest BCUT2D eigenvalue weighted by Crippen LogP contribution is -2.38. The molecule has 2 aromatic heterocycles. The Balaban J connectivity index is 1.80. The highest BCUT2D eigenvalue weighted by Crippen LogP contribution is 2.30. The minimum Gasteiger partial charge on any atom is -0.471 e. The molecule has 1 aliphatic heterocycles. The molecule has 0 bridgehead atoms. The first-order valence-electron chi connectivity index (χ1n) is 13.0. The zero-order valence-electron chi connectivity index (χ0n) is 22.0. The molecule has 1 saturated heterocycles. The predicted octanol–water partition coefficient (Wildman–Crippen LogP) is 2.48. The highest BCUT2D eigenvalue weighted by molar-refractivity contribution is 6.08. The fourth-order valence-electron chi connectivity index (χ4n) is 5.63. The molecule has 2 aliphatic rings. The Bertz CT molecular complexity index is 1260. The van der Waals surface area contributed by atoms with Crippen LogP contribution >= 0.6 is 0 Å². The van der Waals surface area contributed by atoms with Gasteiger partial charge in [-0.2, -0.15) is 4.98 Å². The van der Waals surface area contributed by atoms with Gasteiger partial charge in [0.25, 0.3) is 0 Å². The zero-order chi connectivity index (χ0) is 26.1. The molecule has 2 N–H and O–H groups in total. The molecule has 1 saturated carbocycles. The fourth-order valence-corrected chi connectivity index (χ4v) is 5.63. The number of imidazole rings is 1. The van der Waals surface area contributed by atoms with Crippen LogP contribution in [-0.4, -0.2) is 61.3 Å². The molecule has 3 heterocycles. The molecule has 2 fully saturated rings. The quantitative estimate of drug-likeness (QED) is 0.435. The molecule has 3 atom stereocenters. The molecule has 0 aromatic carbocycles. The van der Waals surface area contributed by atoms with E-state index in [1.54, 1.807) is 14.1 Å². The molecule has 196 valence electrons. The molecule has 36 heavy (non-hydrogen) atoms. The van der Waals surface area contributed by atoms with Crippen molar-refractivity contribution < 1.29 is 14.3 Å². The third kappa shape index (κ3) is 4.70. The third-order valence-corrected chi connectivity index (χ3v) is 7.73. The first kappa shape index (κ1) is 26.1. The summed E-state index contributed by atoms with van der Waals surface area (Å²) in [5.74, 6) is -0.635. The summed E-state index contributed by atoms with van der Waals surface area (Å²) in [6.45, 7) is 4.94. The Labute approximate surface area is 211 Å². The summed E-state index contributed by atoms with van der Waals surface area (Å²) in [7, 11) is 5.32. The Morgan fingerprint density at radius 2 is 1.86 bits per heavy atom.